The number of carbonyl (C=O) groups excluding carboxylic acids is 1. The molecular weight excluding hydrogens is 308 g/mol. The summed E-state index contributed by atoms with van der Waals surface area (Å²) < 4.78 is 0. The smallest absolute Gasteiger partial charge is 0.213 e. The predicted molar refractivity (Wildman–Crippen MR) is 99.6 cm³/mol. The number of benzene rings is 3. The second-order valence-corrected chi connectivity index (χ2v) is 5.97. The lowest BCUT2D eigenvalue weighted by Gasteiger charge is -2.10. The zero-order valence-corrected chi connectivity index (χ0v) is 13.8. The molecule has 0 saturated heterocycles. The summed E-state index contributed by atoms with van der Waals surface area (Å²) >= 11 is 0. The number of hydrogen-bond donors (Lipinski definition) is 0. The Balaban J connectivity index is 1.94. The normalized spacial score (nSPS) is 10.8. The fourth-order valence-electron chi connectivity index (χ4n) is 2.80. The van der Waals surface area contributed by atoms with Gasteiger partial charge in [-0.05, 0) is 19.1 Å². The minimum absolute atomic E-state index is 0.114. The van der Waals surface area contributed by atoms with Gasteiger partial charge < -0.3 is 0 Å². The Hall–Kier alpha value is -3.33. The molecule has 0 spiro atoms. The molecule has 0 fully saturated rings. The molecule has 3 heteroatoms. The summed E-state index contributed by atoms with van der Waals surface area (Å²) in [5, 5.41) is 0. The lowest BCUT2D eigenvalue weighted by atomic mass is 10.0. The van der Waals surface area contributed by atoms with Crippen molar-refractivity contribution >= 4 is 16.8 Å². The van der Waals surface area contributed by atoms with Gasteiger partial charge in [0, 0.05) is 11.1 Å². The van der Waals surface area contributed by atoms with Crippen LogP contribution in [-0.4, -0.2) is 15.8 Å². The summed E-state index contributed by atoms with van der Waals surface area (Å²) in [5.74, 6) is -0.114. The van der Waals surface area contributed by atoms with E-state index >= 15 is 0 Å². The molecule has 0 bridgehead atoms. The summed E-state index contributed by atoms with van der Waals surface area (Å²) in [6.45, 7) is 2.00. The lowest BCUT2D eigenvalue weighted by Crippen LogP contribution is -2.08. The number of rotatable bonds is 3. The molecule has 0 atom stereocenters. The molecule has 120 valence electrons. The third-order valence-electron chi connectivity index (χ3n) is 4.15. The molecule has 1 aromatic heterocycles. The average molecular weight is 324 g/mol. The quantitative estimate of drug-likeness (QED) is 0.507. The van der Waals surface area contributed by atoms with Gasteiger partial charge in [0.25, 0.3) is 0 Å². The van der Waals surface area contributed by atoms with E-state index in [4.69, 9.17) is 4.98 Å². The molecule has 0 aliphatic carbocycles. The van der Waals surface area contributed by atoms with Gasteiger partial charge in [-0.15, -0.1) is 0 Å². The van der Waals surface area contributed by atoms with Gasteiger partial charge >= 0.3 is 0 Å². The molecular formula is C22H16N2O. The van der Waals surface area contributed by atoms with Gasteiger partial charge in [-0.1, -0.05) is 72.3 Å². The highest BCUT2D eigenvalue weighted by Crippen LogP contribution is 2.25. The van der Waals surface area contributed by atoms with Crippen molar-refractivity contribution in [3.05, 3.63) is 95.7 Å². The van der Waals surface area contributed by atoms with Crippen molar-refractivity contribution < 1.29 is 4.79 Å². The molecule has 0 saturated carbocycles. The van der Waals surface area contributed by atoms with Gasteiger partial charge in [0.15, 0.2) is 0 Å². The van der Waals surface area contributed by atoms with Crippen LogP contribution in [0.3, 0.4) is 0 Å². The van der Waals surface area contributed by atoms with Crippen LogP contribution in [0, 0.1) is 6.92 Å². The number of hydrogen-bond acceptors (Lipinski definition) is 3. The number of ketones is 1. The summed E-state index contributed by atoms with van der Waals surface area (Å²) in [5.41, 5.74) is 5.12. The van der Waals surface area contributed by atoms with Crippen LogP contribution in [0.2, 0.25) is 0 Å². The largest absolute Gasteiger partial charge is 0.287 e. The molecule has 0 radical (unpaired) electrons. The van der Waals surface area contributed by atoms with Crippen LogP contribution in [0.4, 0.5) is 0 Å². The first kappa shape index (κ1) is 15.2. The minimum Gasteiger partial charge on any atom is -0.287 e. The van der Waals surface area contributed by atoms with Crippen LogP contribution >= 0.6 is 0 Å². The molecule has 0 N–H and O–H groups in total. The fraction of sp³-hybridized carbons (Fsp3) is 0.0455. The molecule has 4 aromatic rings. The standard InChI is InChI=1S/C22H16N2O/c1-15-11-13-17(14-12-15)22(25)21-20(16-7-3-2-4-8-16)23-18-9-5-6-10-19(18)24-21/h2-14H,1H3. The summed E-state index contributed by atoms with van der Waals surface area (Å²) in [6.07, 6.45) is 0. The third kappa shape index (κ3) is 2.92. The maximum absolute atomic E-state index is 13.1. The van der Waals surface area contributed by atoms with Gasteiger partial charge in [-0.25, -0.2) is 9.97 Å². The van der Waals surface area contributed by atoms with E-state index in [1.54, 1.807) is 0 Å². The van der Waals surface area contributed by atoms with Gasteiger partial charge in [-0.3, -0.25) is 4.79 Å². The Morgan fingerprint density at radius 3 is 2.00 bits per heavy atom. The van der Waals surface area contributed by atoms with Crippen LogP contribution in [0.15, 0.2) is 78.9 Å². The molecule has 0 amide bonds. The number of nitrogens with zero attached hydrogens (tertiary/aromatic N) is 2. The first-order chi connectivity index (χ1) is 12.2. The molecule has 1 heterocycles. The first-order valence-corrected chi connectivity index (χ1v) is 8.16. The monoisotopic (exact) mass is 324 g/mol. The number of para-hydroxylation sites is 2. The highest BCUT2D eigenvalue weighted by molar-refractivity contribution is 6.11. The first-order valence-electron chi connectivity index (χ1n) is 8.16. The number of carbonyl (C=O) groups is 1. The predicted octanol–water partition coefficient (Wildman–Crippen LogP) is 4.84. The van der Waals surface area contributed by atoms with E-state index in [2.05, 4.69) is 4.98 Å². The highest BCUT2D eigenvalue weighted by Gasteiger charge is 2.19. The maximum Gasteiger partial charge on any atom is 0.213 e. The van der Waals surface area contributed by atoms with Gasteiger partial charge in [-0.2, -0.15) is 0 Å². The van der Waals surface area contributed by atoms with Crippen molar-refractivity contribution in [2.75, 3.05) is 0 Å². The molecule has 3 nitrogen and oxygen atoms in total. The van der Waals surface area contributed by atoms with Crippen LogP contribution in [0.5, 0.6) is 0 Å². The van der Waals surface area contributed by atoms with Crippen LogP contribution in [-0.2, 0) is 0 Å². The van der Waals surface area contributed by atoms with Gasteiger partial charge in [0.1, 0.15) is 11.4 Å². The van der Waals surface area contributed by atoms with E-state index in [1.807, 2.05) is 85.8 Å². The summed E-state index contributed by atoms with van der Waals surface area (Å²) in [4.78, 5) is 22.5. The Bertz CT molecular complexity index is 1050. The average Bonchev–Trinajstić information content (AvgIpc) is 2.68. The van der Waals surface area contributed by atoms with Crippen LogP contribution in [0.25, 0.3) is 22.3 Å². The topological polar surface area (TPSA) is 42.9 Å². The Morgan fingerprint density at radius 1 is 0.720 bits per heavy atom. The second-order valence-electron chi connectivity index (χ2n) is 5.97. The van der Waals surface area contributed by atoms with Gasteiger partial charge in [0.2, 0.25) is 5.78 Å². The minimum atomic E-state index is -0.114. The van der Waals surface area contributed by atoms with Crippen molar-refractivity contribution in [2.45, 2.75) is 6.92 Å². The van der Waals surface area contributed by atoms with E-state index < -0.39 is 0 Å². The maximum atomic E-state index is 13.1. The molecule has 0 aliphatic heterocycles. The van der Waals surface area contributed by atoms with Crippen molar-refractivity contribution in [2.24, 2.45) is 0 Å². The molecule has 4 rings (SSSR count). The van der Waals surface area contributed by atoms with Crippen molar-refractivity contribution in [1.29, 1.82) is 0 Å². The third-order valence-corrected chi connectivity index (χ3v) is 4.15. The number of aryl methyl sites for hydroxylation is 1. The highest BCUT2D eigenvalue weighted by atomic mass is 16.1. The van der Waals surface area contributed by atoms with Crippen molar-refractivity contribution in [3.8, 4) is 11.3 Å². The molecule has 0 aliphatic rings. The summed E-state index contributed by atoms with van der Waals surface area (Å²) in [7, 11) is 0. The van der Waals surface area contributed by atoms with Crippen molar-refractivity contribution in [1.82, 2.24) is 9.97 Å². The number of aromatic nitrogens is 2. The van der Waals surface area contributed by atoms with E-state index in [9.17, 15) is 4.79 Å². The zero-order valence-electron chi connectivity index (χ0n) is 13.8. The molecule has 0 unspecified atom stereocenters. The Labute approximate surface area is 146 Å². The van der Waals surface area contributed by atoms with Gasteiger partial charge in [0.05, 0.1) is 11.0 Å². The zero-order chi connectivity index (χ0) is 17.2. The number of fused-ring (bicyclic) bond motifs is 1. The Kier molecular flexibility index (Phi) is 3.82. The Morgan fingerprint density at radius 2 is 1.32 bits per heavy atom. The van der Waals surface area contributed by atoms with E-state index in [-0.39, 0.29) is 5.78 Å². The summed E-state index contributed by atoms with van der Waals surface area (Å²) in [6, 6.07) is 24.9. The molecule has 25 heavy (non-hydrogen) atoms. The van der Waals surface area contributed by atoms with E-state index in [1.165, 1.54) is 0 Å². The second kappa shape index (κ2) is 6.29. The van der Waals surface area contributed by atoms with Crippen LogP contribution < -0.4 is 0 Å². The molecule has 3 aromatic carbocycles. The van der Waals surface area contributed by atoms with E-state index in [0.29, 0.717) is 17.0 Å². The fourth-order valence-corrected chi connectivity index (χ4v) is 2.80. The van der Waals surface area contributed by atoms with Crippen LogP contribution in [0.1, 0.15) is 21.6 Å². The van der Waals surface area contributed by atoms with E-state index in [0.717, 1.165) is 22.2 Å². The van der Waals surface area contributed by atoms with Crippen molar-refractivity contribution in [3.63, 3.8) is 0 Å². The SMILES string of the molecule is Cc1ccc(C(=O)c2nc3ccccc3nc2-c2ccccc2)cc1. The lowest BCUT2D eigenvalue weighted by molar-refractivity contribution is 0.103.